The molecule has 2 aliphatic rings. The molecule has 0 aromatic rings. The van der Waals surface area contributed by atoms with Crippen molar-refractivity contribution in [3.63, 3.8) is 0 Å². The summed E-state index contributed by atoms with van der Waals surface area (Å²) in [6.07, 6.45) is 5.51. The van der Waals surface area contributed by atoms with Crippen LogP contribution in [0, 0.1) is 5.92 Å². The van der Waals surface area contributed by atoms with Crippen molar-refractivity contribution in [3.05, 3.63) is 0 Å². The lowest BCUT2D eigenvalue weighted by Crippen LogP contribution is -2.46. The van der Waals surface area contributed by atoms with Crippen LogP contribution in [-0.4, -0.2) is 43.5 Å². The van der Waals surface area contributed by atoms with Crippen LogP contribution in [0.4, 0.5) is 4.79 Å². The molecule has 0 bridgehead atoms. The van der Waals surface area contributed by atoms with E-state index in [1.807, 2.05) is 20.8 Å². The number of carbonyl (C=O) groups is 1. The van der Waals surface area contributed by atoms with Crippen molar-refractivity contribution >= 4 is 6.09 Å². The van der Waals surface area contributed by atoms with Gasteiger partial charge in [0.05, 0.1) is 0 Å². The monoisotopic (exact) mass is 298 g/mol. The van der Waals surface area contributed by atoms with Crippen molar-refractivity contribution in [2.45, 2.75) is 70.6 Å². The third-order valence-electron chi connectivity index (χ3n) is 4.24. The van der Waals surface area contributed by atoms with E-state index in [0.29, 0.717) is 24.5 Å². The average Bonchev–Trinajstić information content (AvgIpc) is 2.83. The fourth-order valence-corrected chi connectivity index (χ4v) is 3.20. The van der Waals surface area contributed by atoms with Crippen molar-refractivity contribution in [2.75, 3.05) is 19.8 Å². The van der Waals surface area contributed by atoms with Gasteiger partial charge < -0.3 is 20.1 Å². The highest BCUT2D eigenvalue weighted by atomic mass is 16.6. The fraction of sp³-hybridized carbons (Fsp3) is 0.938. The molecule has 0 aromatic carbocycles. The maximum Gasteiger partial charge on any atom is 0.407 e. The van der Waals surface area contributed by atoms with Gasteiger partial charge in [0, 0.05) is 31.8 Å². The molecular weight excluding hydrogens is 268 g/mol. The van der Waals surface area contributed by atoms with Crippen molar-refractivity contribution in [1.29, 1.82) is 0 Å². The van der Waals surface area contributed by atoms with E-state index >= 15 is 0 Å². The van der Waals surface area contributed by atoms with Crippen molar-refractivity contribution in [1.82, 2.24) is 10.6 Å². The van der Waals surface area contributed by atoms with E-state index in [1.54, 1.807) is 0 Å². The van der Waals surface area contributed by atoms with Crippen LogP contribution in [0.2, 0.25) is 0 Å². The Balaban J connectivity index is 1.72. The third kappa shape index (κ3) is 5.83. The molecule has 5 heteroatoms. The van der Waals surface area contributed by atoms with Gasteiger partial charge in [-0.15, -0.1) is 0 Å². The number of amides is 1. The zero-order valence-electron chi connectivity index (χ0n) is 13.6. The van der Waals surface area contributed by atoms with Crippen LogP contribution in [0.25, 0.3) is 0 Å². The number of alkyl carbamates (subject to hydrolysis) is 1. The average molecular weight is 298 g/mol. The summed E-state index contributed by atoms with van der Waals surface area (Å²) >= 11 is 0. The summed E-state index contributed by atoms with van der Waals surface area (Å²) in [5, 5.41) is 6.69. The molecule has 2 rings (SSSR count). The summed E-state index contributed by atoms with van der Waals surface area (Å²) in [4.78, 5) is 11.7. The Morgan fingerprint density at radius 1 is 1.19 bits per heavy atom. The molecule has 1 amide bonds. The van der Waals surface area contributed by atoms with E-state index in [1.165, 1.54) is 19.3 Å². The van der Waals surface area contributed by atoms with Crippen LogP contribution < -0.4 is 10.6 Å². The van der Waals surface area contributed by atoms with Crippen LogP contribution in [0.5, 0.6) is 0 Å². The van der Waals surface area contributed by atoms with Gasteiger partial charge in [0.15, 0.2) is 0 Å². The predicted octanol–water partition coefficient (Wildman–Crippen LogP) is 2.45. The molecule has 1 aliphatic heterocycles. The molecule has 0 spiro atoms. The smallest absolute Gasteiger partial charge is 0.407 e. The van der Waals surface area contributed by atoms with Crippen LogP contribution >= 0.6 is 0 Å². The van der Waals surface area contributed by atoms with Crippen LogP contribution in [0.3, 0.4) is 0 Å². The quantitative estimate of drug-likeness (QED) is 0.837. The van der Waals surface area contributed by atoms with E-state index in [0.717, 1.165) is 26.1 Å². The van der Waals surface area contributed by atoms with E-state index < -0.39 is 5.60 Å². The highest BCUT2D eigenvalue weighted by Crippen LogP contribution is 2.26. The Kier molecular flexibility index (Phi) is 5.88. The van der Waals surface area contributed by atoms with E-state index in [-0.39, 0.29) is 6.09 Å². The molecule has 21 heavy (non-hydrogen) atoms. The first-order chi connectivity index (χ1) is 9.94. The van der Waals surface area contributed by atoms with E-state index in [4.69, 9.17) is 9.47 Å². The number of hydrogen-bond donors (Lipinski definition) is 2. The first-order valence-electron chi connectivity index (χ1n) is 8.25. The Labute approximate surface area is 128 Å². The summed E-state index contributed by atoms with van der Waals surface area (Å²) in [7, 11) is 0. The Morgan fingerprint density at radius 3 is 2.57 bits per heavy atom. The fourth-order valence-electron chi connectivity index (χ4n) is 3.20. The summed E-state index contributed by atoms with van der Waals surface area (Å²) in [5.41, 5.74) is -0.431. The van der Waals surface area contributed by atoms with E-state index in [9.17, 15) is 4.79 Å². The van der Waals surface area contributed by atoms with Gasteiger partial charge in [-0.25, -0.2) is 4.79 Å². The molecular formula is C16H30N2O3. The molecule has 2 N–H and O–H groups in total. The topological polar surface area (TPSA) is 59.6 Å². The van der Waals surface area contributed by atoms with Gasteiger partial charge in [0.25, 0.3) is 0 Å². The Bertz CT molecular complexity index is 335. The molecule has 1 aliphatic carbocycles. The maximum atomic E-state index is 11.7. The SMILES string of the molecule is CC(C)(C)OC(=O)NCC1CCCC1NC1CCOCC1. The van der Waals surface area contributed by atoms with E-state index in [2.05, 4.69) is 10.6 Å². The summed E-state index contributed by atoms with van der Waals surface area (Å²) in [6, 6.07) is 1.09. The van der Waals surface area contributed by atoms with Gasteiger partial charge in [-0.2, -0.15) is 0 Å². The number of carbonyl (C=O) groups excluding carboxylic acids is 1. The van der Waals surface area contributed by atoms with Crippen LogP contribution in [0.15, 0.2) is 0 Å². The minimum absolute atomic E-state index is 0.306. The number of ether oxygens (including phenoxy) is 2. The molecule has 1 saturated heterocycles. The largest absolute Gasteiger partial charge is 0.444 e. The van der Waals surface area contributed by atoms with Gasteiger partial charge in [-0.05, 0) is 52.4 Å². The predicted molar refractivity (Wildman–Crippen MR) is 82.3 cm³/mol. The van der Waals surface area contributed by atoms with Gasteiger partial charge in [-0.1, -0.05) is 6.42 Å². The van der Waals surface area contributed by atoms with Gasteiger partial charge >= 0.3 is 6.09 Å². The maximum absolute atomic E-state index is 11.7. The molecule has 2 unspecified atom stereocenters. The molecule has 2 fully saturated rings. The number of nitrogens with one attached hydrogen (secondary N) is 2. The minimum Gasteiger partial charge on any atom is -0.444 e. The standard InChI is InChI=1S/C16H30N2O3/c1-16(2,3)21-15(19)17-11-12-5-4-6-14(12)18-13-7-9-20-10-8-13/h12-14,18H,4-11H2,1-3H3,(H,17,19). The normalized spacial score (nSPS) is 27.6. The number of rotatable bonds is 4. The van der Waals surface area contributed by atoms with Crippen LogP contribution in [0.1, 0.15) is 52.9 Å². The zero-order valence-corrected chi connectivity index (χ0v) is 13.6. The van der Waals surface area contributed by atoms with Crippen LogP contribution in [-0.2, 0) is 9.47 Å². The second-order valence-corrected chi connectivity index (χ2v) is 7.23. The molecule has 0 aromatic heterocycles. The Morgan fingerprint density at radius 2 is 1.90 bits per heavy atom. The molecule has 1 heterocycles. The molecule has 0 radical (unpaired) electrons. The molecule has 1 saturated carbocycles. The summed E-state index contributed by atoms with van der Waals surface area (Å²) in [6.45, 7) is 8.10. The minimum atomic E-state index is -0.431. The third-order valence-corrected chi connectivity index (χ3v) is 4.24. The van der Waals surface area contributed by atoms with Crippen molar-refractivity contribution in [2.24, 2.45) is 5.92 Å². The lowest BCUT2D eigenvalue weighted by Gasteiger charge is -2.30. The highest BCUT2D eigenvalue weighted by molar-refractivity contribution is 5.67. The highest BCUT2D eigenvalue weighted by Gasteiger charge is 2.30. The van der Waals surface area contributed by atoms with Crippen molar-refractivity contribution in [3.8, 4) is 0 Å². The van der Waals surface area contributed by atoms with Gasteiger partial charge in [0.1, 0.15) is 5.60 Å². The first-order valence-corrected chi connectivity index (χ1v) is 8.25. The summed E-state index contributed by atoms with van der Waals surface area (Å²) < 4.78 is 10.7. The summed E-state index contributed by atoms with van der Waals surface area (Å²) in [5.74, 6) is 0.514. The molecule has 5 nitrogen and oxygen atoms in total. The van der Waals surface area contributed by atoms with Gasteiger partial charge in [-0.3, -0.25) is 0 Å². The van der Waals surface area contributed by atoms with Crippen molar-refractivity contribution < 1.29 is 14.3 Å². The molecule has 122 valence electrons. The second kappa shape index (κ2) is 7.45. The Hall–Kier alpha value is -0.810. The zero-order chi connectivity index (χ0) is 15.3. The number of hydrogen-bond acceptors (Lipinski definition) is 4. The molecule has 2 atom stereocenters. The lowest BCUT2D eigenvalue weighted by atomic mass is 10.0. The van der Waals surface area contributed by atoms with Gasteiger partial charge in [0.2, 0.25) is 0 Å². The first kappa shape index (κ1) is 16.6. The second-order valence-electron chi connectivity index (χ2n) is 7.23. The lowest BCUT2D eigenvalue weighted by molar-refractivity contribution is 0.0514.